The molecule has 0 saturated heterocycles. The number of nitrogens with zero attached hydrogens (tertiary/aromatic N) is 1. The molecule has 0 saturated carbocycles. The molecule has 138 valence electrons. The third-order valence-corrected chi connectivity index (χ3v) is 6.02. The van der Waals surface area contributed by atoms with Crippen LogP contribution in [0.2, 0.25) is 0 Å². The number of H-pyrrole nitrogens is 2. The predicted molar refractivity (Wildman–Crippen MR) is 113 cm³/mol. The summed E-state index contributed by atoms with van der Waals surface area (Å²) in [6.07, 6.45) is 2.05. The summed E-state index contributed by atoms with van der Waals surface area (Å²) in [7, 11) is 0. The van der Waals surface area contributed by atoms with Crippen molar-refractivity contribution in [3.63, 3.8) is 0 Å². The second-order valence-electron chi connectivity index (χ2n) is 6.69. The molecule has 0 radical (unpaired) electrons. The summed E-state index contributed by atoms with van der Waals surface area (Å²) in [4.78, 5) is 17.4. The van der Waals surface area contributed by atoms with E-state index in [-0.39, 0.29) is 11.8 Å². The highest BCUT2D eigenvalue weighted by Crippen LogP contribution is 2.33. The fourth-order valence-corrected chi connectivity index (χ4v) is 4.50. The Morgan fingerprint density at radius 3 is 2.61 bits per heavy atom. The van der Waals surface area contributed by atoms with E-state index in [1.54, 1.807) is 11.3 Å². The first-order valence-electron chi connectivity index (χ1n) is 9.12. The van der Waals surface area contributed by atoms with E-state index in [1.165, 1.54) is 15.8 Å². The van der Waals surface area contributed by atoms with Crippen LogP contribution in [0.15, 0.2) is 72.2 Å². The Morgan fingerprint density at radius 1 is 1.00 bits per heavy atom. The van der Waals surface area contributed by atoms with Gasteiger partial charge in [0.2, 0.25) is 0 Å². The van der Waals surface area contributed by atoms with Crippen LogP contribution in [-0.2, 0) is 0 Å². The first-order chi connectivity index (χ1) is 13.8. The summed E-state index contributed by atoms with van der Waals surface area (Å²) in [6.45, 7) is 0.502. The lowest BCUT2D eigenvalue weighted by atomic mass is 9.96. The summed E-state index contributed by atoms with van der Waals surface area (Å²) in [5.74, 6) is -0.0934. The average molecular weight is 386 g/mol. The van der Waals surface area contributed by atoms with Gasteiger partial charge < -0.3 is 10.3 Å². The van der Waals surface area contributed by atoms with Gasteiger partial charge >= 0.3 is 0 Å². The molecule has 3 heterocycles. The zero-order chi connectivity index (χ0) is 18.9. The molecule has 0 aliphatic carbocycles. The number of aromatic amines is 2. The van der Waals surface area contributed by atoms with Crippen molar-refractivity contribution in [2.45, 2.75) is 5.92 Å². The second-order valence-corrected chi connectivity index (χ2v) is 7.66. The quantitative estimate of drug-likeness (QED) is 0.411. The zero-order valence-corrected chi connectivity index (χ0v) is 15.8. The SMILES string of the molecule is O=C(NC[C@@H](c1cccs1)c1c[nH]c2ccccc12)c1n[nH]c2ccccc12. The summed E-state index contributed by atoms with van der Waals surface area (Å²) in [6, 6.07) is 20.1. The zero-order valence-electron chi connectivity index (χ0n) is 15.0. The fourth-order valence-electron chi connectivity index (χ4n) is 3.65. The molecular weight excluding hydrogens is 368 g/mol. The summed E-state index contributed by atoms with van der Waals surface area (Å²) in [5.41, 5.74) is 3.58. The van der Waals surface area contributed by atoms with Gasteiger partial charge in [-0.25, -0.2) is 0 Å². The van der Waals surface area contributed by atoms with Gasteiger partial charge in [0, 0.05) is 39.8 Å². The number of nitrogens with one attached hydrogen (secondary N) is 3. The van der Waals surface area contributed by atoms with Crippen LogP contribution in [0.3, 0.4) is 0 Å². The Morgan fingerprint density at radius 2 is 1.79 bits per heavy atom. The van der Waals surface area contributed by atoms with Crippen LogP contribution in [-0.4, -0.2) is 27.6 Å². The minimum atomic E-state index is -0.168. The molecule has 3 N–H and O–H groups in total. The lowest BCUT2D eigenvalue weighted by Crippen LogP contribution is -2.29. The van der Waals surface area contributed by atoms with Gasteiger partial charge in [-0.1, -0.05) is 42.5 Å². The highest BCUT2D eigenvalue weighted by molar-refractivity contribution is 7.10. The summed E-state index contributed by atoms with van der Waals surface area (Å²) < 4.78 is 0. The van der Waals surface area contributed by atoms with Crippen LogP contribution in [0.25, 0.3) is 21.8 Å². The number of hydrogen-bond donors (Lipinski definition) is 3. The Labute approximate surface area is 165 Å². The average Bonchev–Trinajstić information content (AvgIpc) is 3.48. The van der Waals surface area contributed by atoms with Crippen molar-refractivity contribution < 1.29 is 4.79 Å². The molecule has 6 heteroatoms. The Bertz CT molecular complexity index is 1250. The van der Waals surface area contributed by atoms with Gasteiger partial charge in [0.05, 0.1) is 5.52 Å². The number of carbonyl (C=O) groups is 1. The highest BCUT2D eigenvalue weighted by Gasteiger charge is 2.21. The lowest BCUT2D eigenvalue weighted by molar-refractivity contribution is 0.0949. The highest BCUT2D eigenvalue weighted by atomic mass is 32.1. The number of aromatic nitrogens is 3. The molecule has 28 heavy (non-hydrogen) atoms. The van der Waals surface area contributed by atoms with E-state index in [4.69, 9.17) is 0 Å². The van der Waals surface area contributed by atoms with Crippen molar-refractivity contribution in [2.24, 2.45) is 0 Å². The molecule has 0 aliphatic rings. The predicted octanol–water partition coefficient (Wildman–Crippen LogP) is 4.67. The number of thiophene rings is 1. The normalized spacial score (nSPS) is 12.4. The molecule has 0 fully saturated rings. The molecule has 0 bridgehead atoms. The van der Waals surface area contributed by atoms with Crippen molar-refractivity contribution in [1.82, 2.24) is 20.5 Å². The summed E-state index contributed by atoms with van der Waals surface area (Å²) >= 11 is 1.70. The number of benzene rings is 2. The van der Waals surface area contributed by atoms with Gasteiger partial charge in [-0.15, -0.1) is 11.3 Å². The molecule has 5 aromatic rings. The lowest BCUT2D eigenvalue weighted by Gasteiger charge is -2.16. The monoisotopic (exact) mass is 386 g/mol. The van der Waals surface area contributed by atoms with Crippen LogP contribution < -0.4 is 5.32 Å². The van der Waals surface area contributed by atoms with Crippen LogP contribution in [0.5, 0.6) is 0 Å². The van der Waals surface area contributed by atoms with Crippen LogP contribution in [0.1, 0.15) is 26.8 Å². The van der Waals surface area contributed by atoms with Crippen molar-refractivity contribution in [2.75, 3.05) is 6.54 Å². The molecule has 3 aromatic heterocycles. The van der Waals surface area contributed by atoms with Gasteiger partial charge in [0.1, 0.15) is 0 Å². The largest absolute Gasteiger partial charge is 0.361 e. The molecule has 2 aromatic carbocycles. The van der Waals surface area contributed by atoms with Crippen molar-refractivity contribution in [3.05, 3.63) is 88.4 Å². The van der Waals surface area contributed by atoms with Gasteiger partial charge in [-0.2, -0.15) is 5.10 Å². The van der Waals surface area contributed by atoms with E-state index >= 15 is 0 Å². The van der Waals surface area contributed by atoms with E-state index in [0.29, 0.717) is 12.2 Å². The third kappa shape index (κ3) is 2.88. The molecule has 5 rings (SSSR count). The number of carbonyl (C=O) groups excluding carboxylic acids is 1. The first kappa shape index (κ1) is 16.8. The van der Waals surface area contributed by atoms with Gasteiger partial charge in [0.15, 0.2) is 5.69 Å². The van der Waals surface area contributed by atoms with E-state index in [1.807, 2.05) is 48.7 Å². The molecule has 1 amide bonds. The minimum Gasteiger partial charge on any atom is -0.361 e. The van der Waals surface area contributed by atoms with Gasteiger partial charge in [-0.05, 0) is 29.1 Å². The standard InChI is InChI=1S/C22H18N4OS/c27-22(21-15-7-2-4-9-19(15)25-26-21)24-13-17(20-10-5-11-28-20)16-12-23-18-8-3-1-6-14(16)18/h1-12,17,23H,13H2,(H,24,27)(H,25,26)/t17-/m1/s1. The minimum absolute atomic E-state index is 0.0744. The molecule has 5 nitrogen and oxygen atoms in total. The van der Waals surface area contributed by atoms with Gasteiger partial charge in [0.25, 0.3) is 5.91 Å². The van der Waals surface area contributed by atoms with Crippen molar-refractivity contribution in [1.29, 1.82) is 0 Å². The van der Waals surface area contributed by atoms with E-state index in [2.05, 4.69) is 44.1 Å². The van der Waals surface area contributed by atoms with E-state index < -0.39 is 0 Å². The second kappa shape index (κ2) is 6.98. The summed E-state index contributed by atoms with van der Waals surface area (Å²) in [5, 5.41) is 14.3. The van der Waals surface area contributed by atoms with E-state index in [9.17, 15) is 4.79 Å². The number of fused-ring (bicyclic) bond motifs is 2. The number of amides is 1. The number of para-hydroxylation sites is 2. The first-order valence-corrected chi connectivity index (χ1v) is 10.00. The van der Waals surface area contributed by atoms with Crippen LogP contribution >= 0.6 is 11.3 Å². The maximum Gasteiger partial charge on any atom is 0.272 e. The third-order valence-electron chi connectivity index (χ3n) is 5.04. The smallest absolute Gasteiger partial charge is 0.272 e. The van der Waals surface area contributed by atoms with Crippen molar-refractivity contribution >= 4 is 39.0 Å². The Hall–Kier alpha value is -3.38. The van der Waals surface area contributed by atoms with Crippen LogP contribution in [0, 0.1) is 0 Å². The molecule has 0 spiro atoms. The van der Waals surface area contributed by atoms with Crippen LogP contribution in [0.4, 0.5) is 0 Å². The molecule has 0 aliphatic heterocycles. The molecular formula is C22H18N4OS. The Balaban J connectivity index is 1.45. The maximum absolute atomic E-state index is 12.8. The number of hydrogen-bond acceptors (Lipinski definition) is 3. The number of rotatable bonds is 5. The maximum atomic E-state index is 12.8. The van der Waals surface area contributed by atoms with Gasteiger partial charge in [-0.3, -0.25) is 9.89 Å². The fraction of sp³-hybridized carbons (Fsp3) is 0.0909. The van der Waals surface area contributed by atoms with E-state index in [0.717, 1.165) is 16.4 Å². The van der Waals surface area contributed by atoms with Crippen molar-refractivity contribution in [3.8, 4) is 0 Å². The Kier molecular flexibility index (Phi) is 4.18. The topological polar surface area (TPSA) is 73.6 Å². The molecule has 1 atom stereocenters. The molecule has 0 unspecified atom stereocenters.